The van der Waals surface area contributed by atoms with Gasteiger partial charge in [0.15, 0.2) is 0 Å². The van der Waals surface area contributed by atoms with E-state index in [1.54, 1.807) is 19.1 Å². The zero-order valence-corrected chi connectivity index (χ0v) is 16.0. The molecule has 6 N–H and O–H groups in total. The van der Waals surface area contributed by atoms with E-state index in [2.05, 4.69) is 10.7 Å². The molecule has 11 heteroatoms. The Bertz CT molecular complexity index is 786. The maximum absolute atomic E-state index is 12.9. The van der Waals surface area contributed by atoms with Crippen LogP contribution < -0.4 is 16.6 Å². The molecule has 0 aromatic heterocycles. The summed E-state index contributed by atoms with van der Waals surface area (Å²) in [6, 6.07) is 0. The fourth-order valence-corrected chi connectivity index (χ4v) is 4.33. The Morgan fingerprint density at radius 3 is 2.79 bits per heavy atom. The lowest BCUT2D eigenvalue weighted by molar-refractivity contribution is -0.131. The second-order valence-corrected chi connectivity index (χ2v) is 7.64. The normalized spacial score (nSPS) is 30.2. The average Bonchev–Trinajstić information content (AvgIpc) is 2.83. The molecular weight excluding hydrogens is 388 g/mol. The summed E-state index contributed by atoms with van der Waals surface area (Å²) in [5.74, 6) is 4.45. The van der Waals surface area contributed by atoms with Crippen LogP contribution in [0.1, 0.15) is 13.3 Å². The number of aliphatic hydroxyl groups is 1. The van der Waals surface area contributed by atoms with E-state index in [1.807, 2.05) is 0 Å². The molecule has 0 aromatic carbocycles. The van der Waals surface area contributed by atoms with Crippen molar-refractivity contribution in [3.05, 3.63) is 23.5 Å². The van der Waals surface area contributed by atoms with E-state index in [1.165, 1.54) is 4.90 Å². The van der Waals surface area contributed by atoms with Crippen molar-refractivity contribution in [3.8, 4) is 0 Å². The van der Waals surface area contributed by atoms with Crippen molar-refractivity contribution in [2.24, 2.45) is 17.2 Å². The molecule has 2 aliphatic carbocycles. The minimum absolute atomic E-state index is 0.0123. The van der Waals surface area contributed by atoms with Gasteiger partial charge in [-0.2, -0.15) is 0 Å². The minimum Gasteiger partial charge on any atom is -0.490 e. The van der Waals surface area contributed by atoms with Crippen LogP contribution in [0.4, 0.5) is 8.78 Å². The highest BCUT2D eigenvalue weighted by Crippen LogP contribution is 2.49. The molecule has 2 amide bonds. The molecular formula is C18H25F2N5O4. The van der Waals surface area contributed by atoms with E-state index in [9.17, 15) is 18.4 Å². The van der Waals surface area contributed by atoms with Gasteiger partial charge >= 0.3 is 0 Å². The molecule has 0 spiro atoms. The summed E-state index contributed by atoms with van der Waals surface area (Å²) in [7, 11) is 0. The van der Waals surface area contributed by atoms with Gasteiger partial charge in [0, 0.05) is 26.1 Å². The highest BCUT2D eigenvalue weighted by molar-refractivity contribution is 6.41. The van der Waals surface area contributed by atoms with Crippen molar-refractivity contribution in [2.75, 3.05) is 32.8 Å². The molecule has 0 bridgehead atoms. The third-order valence-electron chi connectivity index (χ3n) is 5.74. The second-order valence-electron chi connectivity index (χ2n) is 7.64. The lowest BCUT2D eigenvalue weighted by Crippen LogP contribution is -2.63. The number of aliphatic hydroxyl groups excluding tert-OH is 1. The fraction of sp³-hybridized carbons (Fsp3) is 0.611. The summed E-state index contributed by atoms with van der Waals surface area (Å²) in [5.41, 5.74) is 1.09. The predicted molar refractivity (Wildman–Crippen MR) is 98.8 cm³/mol. The van der Waals surface area contributed by atoms with Gasteiger partial charge in [-0.05, 0) is 12.5 Å². The Morgan fingerprint density at radius 2 is 2.28 bits per heavy atom. The monoisotopic (exact) mass is 413 g/mol. The van der Waals surface area contributed by atoms with Gasteiger partial charge in [-0.3, -0.25) is 20.8 Å². The van der Waals surface area contributed by atoms with Gasteiger partial charge in [-0.1, -0.05) is 12.2 Å². The predicted octanol–water partition coefficient (Wildman–Crippen LogP) is -0.709. The first-order valence-electron chi connectivity index (χ1n) is 9.26. The molecule has 3 unspecified atom stereocenters. The van der Waals surface area contributed by atoms with Gasteiger partial charge in [0.05, 0.1) is 17.9 Å². The molecule has 3 atom stereocenters. The van der Waals surface area contributed by atoms with Crippen LogP contribution in [0.5, 0.6) is 0 Å². The number of amides is 2. The van der Waals surface area contributed by atoms with Crippen molar-refractivity contribution < 1.29 is 28.2 Å². The smallest absolute Gasteiger partial charge is 0.272 e. The molecule has 160 valence electrons. The first-order chi connectivity index (χ1) is 13.7. The van der Waals surface area contributed by atoms with Gasteiger partial charge in [0.2, 0.25) is 5.91 Å². The van der Waals surface area contributed by atoms with Crippen LogP contribution in [0, 0.1) is 16.7 Å². The number of carbonyl (C=O) groups excluding carboxylic acids is 2. The number of ether oxygens (including phenoxy) is 1. The maximum Gasteiger partial charge on any atom is 0.272 e. The van der Waals surface area contributed by atoms with E-state index < -0.39 is 35.8 Å². The number of hydrogen-bond donors (Lipinski definition) is 5. The first kappa shape index (κ1) is 21.3. The fourth-order valence-electron chi connectivity index (χ4n) is 4.33. The number of rotatable bonds is 10. The summed E-state index contributed by atoms with van der Waals surface area (Å²) in [6.07, 6.45) is 1.09. The molecule has 1 fully saturated rings. The van der Waals surface area contributed by atoms with E-state index in [-0.39, 0.29) is 37.9 Å². The van der Waals surface area contributed by atoms with Gasteiger partial charge in [-0.15, -0.1) is 0 Å². The highest BCUT2D eigenvalue weighted by atomic mass is 19.3. The summed E-state index contributed by atoms with van der Waals surface area (Å²) in [5, 5.41) is 19.5. The van der Waals surface area contributed by atoms with Crippen molar-refractivity contribution in [3.63, 3.8) is 0 Å². The molecule has 3 aliphatic rings. The van der Waals surface area contributed by atoms with Gasteiger partial charge in [-0.25, -0.2) is 14.2 Å². The Labute approximate surface area is 166 Å². The number of likely N-dealkylation sites (tertiary alicyclic amines) is 1. The van der Waals surface area contributed by atoms with Gasteiger partial charge in [0.25, 0.3) is 12.3 Å². The Kier molecular flexibility index (Phi) is 5.74. The van der Waals surface area contributed by atoms with Crippen LogP contribution >= 0.6 is 0 Å². The summed E-state index contributed by atoms with van der Waals surface area (Å²) >= 11 is 0. The number of carbonyl (C=O) groups is 2. The van der Waals surface area contributed by atoms with Crippen LogP contribution in [0.2, 0.25) is 0 Å². The average molecular weight is 413 g/mol. The number of nitrogens with zero attached hydrogens (tertiary/aromatic N) is 1. The lowest BCUT2D eigenvalue weighted by Gasteiger charge is -2.45. The van der Waals surface area contributed by atoms with Crippen molar-refractivity contribution in [2.45, 2.75) is 25.3 Å². The molecule has 0 radical (unpaired) electrons. The highest BCUT2D eigenvalue weighted by Gasteiger charge is 2.60. The van der Waals surface area contributed by atoms with Crippen LogP contribution in [-0.4, -0.2) is 72.3 Å². The number of nitrogens with two attached hydrogens (primary N) is 1. The van der Waals surface area contributed by atoms with Crippen molar-refractivity contribution in [1.82, 2.24) is 15.6 Å². The van der Waals surface area contributed by atoms with Crippen LogP contribution in [0.25, 0.3) is 0 Å². The first-order valence-corrected chi connectivity index (χ1v) is 9.26. The van der Waals surface area contributed by atoms with Crippen molar-refractivity contribution in [1.29, 1.82) is 5.41 Å². The van der Waals surface area contributed by atoms with E-state index >= 15 is 0 Å². The van der Waals surface area contributed by atoms with Crippen LogP contribution in [-0.2, 0) is 14.3 Å². The van der Waals surface area contributed by atoms with Crippen LogP contribution in [0.3, 0.4) is 0 Å². The third kappa shape index (κ3) is 3.43. The third-order valence-corrected chi connectivity index (χ3v) is 5.74. The molecule has 1 saturated heterocycles. The number of halogens is 2. The summed E-state index contributed by atoms with van der Waals surface area (Å²) < 4.78 is 30.4. The van der Waals surface area contributed by atoms with E-state index in [0.717, 1.165) is 5.57 Å². The SMILES string of the molecule is CC1=C(OCC(F)F)C(CN2CC3(C(=N)C(=O)NCCO)C=CC3C2=O)(NN)C1. The number of fused-ring (bicyclic) bond motifs is 1. The Hall–Kier alpha value is -2.37. The quantitative estimate of drug-likeness (QED) is 0.139. The lowest BCUT2D eigenvalue weighted by atomic mass is 9.65. The van der Waals surface area contributed by atoms with Crippen molar-refractivity contribution >= 4 is 17.5 Å². The van der Waals surface area contributed by atoms with Gasteiger partial charge < -0.3 is 20.1 Å². The number of hydrazine groups is 1. The Morgan fingerprint density at radius 1 is 1.55 bits per heavy atom. The number of nitrogens with one attached hydrogen (secondary N) is 3. The number of alkyl halides is 2. The second kappa shape index (κ2) is 7.81. The largest absolute Gasteiger partial charge is 0.490 e. The maximum atomic E-state index is 12.9. The molecule has 29 heavy (non-hydrogen) atoms. The summed E-state index contributed by atoms with van der Waals surface area (Å²) in [4.78, 5) is 26.5. The topological polar surface area (TPSA) is 141 Å². The zero-order valence-electron chi connectivity index (χ0n) is 16.0. The molecule has 3 rings (SSSR count). The minimum atomic E-state index is -2.64. The molecule has 0 aromatic rings. The number of hydrogen-bond acceptors (Lipinski definition) is 7. The summed E-state index contributed by atoms with van der Waals surface area (Å²) in [6.45, 7) is 0.906. The molecule has 9 nitrogen and oxygen atoms in total. The standard InChI is InChI=1S/C18H25F2N5O4/c1-10-6-18(24-22,14(10)29-7-12(19)20)9-25-8-17(3-2-11(17)16(25)28)13(21)15(27)23-4-5-26/h2-3,11-12,21,24,26H,4-9,22H2,1H3,(H,23,27). The zero-order chi connectivity index (χ0) is 21.4. The van der Waals surface area contributed by atoms with E-state index in [0.29, 0.717) is 12.2 Å². The molecule has 1 aliphatic heterocycles. The Balaban J connectivity index is 1.74. The van der Waals surface area contributed by atoms with Gasteiger partial charge in [0.1, 0.15) is 23.6 Å². The van der Waals surface area contributed by atoms with E-state index in [4.69, 9.17) is 21.1 Å². The molecule has 1 heterocycles. The van der Waals surface area contributed by atoms with Crippen LogP contribution in [0.15, 0.2) is 23.5 Å². The molecule has 0 saturated carbocycles.